The fourth-order valence-corrected chi connectivity index (χ4v) is 5.31. The second-order valence-electron chi connectivity index (χ2n) is 9.29. The van der Waals surface area contributed by atoms with Crippen molar-refractivity contribution in [2.75, 3.05) is 17.3 Å². The van der Waals surface area contributed by atoms with Crippen LogP contribution in [-0.2, 0) is 14.4 Å². The standard InChI is InChI=1S/C30H28N2O5/c1-37-22-11-7-10-20(16-22)30-29-24(17-21(18-26(29)33)19-8-3-2-4-9-19)31-23-12-5-6-13-25(23)32(30)27(34)14-15-28(35)36/h2-13,16-17,21,29-31H,14-15,18H2,1H3,(H,35,36)/p-1. The van der Waals surface area contributed by atoms with Crippen molar-refractivity contribution in [1.82, 2.24) is 0 Å². The molecule has 3 aromatic carbocycles. The third-order valence-electron chi connectivity index (χ3n) is 7.00. The van der Waals surface area contributed by atoms with Gasteiger partial charge in [-0.3, -0.25) is 9.59 Å². The monoisotopic (exact) mass is 495 g/mol. The number of carboxylic acids is 1. The van der Waals surface area contributed by atoms with Crippen molar-refractivity contribution in [3.63, 3.8) is 0 Å². The van der Waals surface area contributed by atoms with E-state index in [1.54, 1.807) is 18.1 Å². The minimum atomic E-state index is -1.30. The molecular formula is C30H27N2O5-. The van der Waals surface area contributed by atoms with Crippen LogP contribution in [0.3, 0.4) is 0 Å². The maximum Gasteiger partial charge on any atom is 0.228 e. The lowest BCUT2D eigenvalue weighted by Crippen LogP contribution is -2.43. The van der Waals surface area contributed by atoms with E-state index in [1.807, 2.05) is 72.8 Å². The smallest absolute Gasteiger partial charge is 0.228 e. The van der Waals surface area contributed by atoms with Gasteiger partial charge in [0.05, 0.1) is 30.4 Å². The van der Waals surface area contributed by atoms with Crippen LogP contribution in [0.2, 0.25) is 0 Å². The SMILES string of the molecule is COc1cccc(C2C3C(=O)CC(c4ccccc4)C=C3Nc3ccccc3N2C(=O)CCC(=O)[O-])c1. The van der Waals surface area contributed by atoms with Crippen molar-refractivity contribution in [3.8, 4) is 5.75 Å². The summed E-state index contributed by atoms with van der Waals surface area (Å²) >= 11 is 0. The molecule has 0 radical (unpaired) electrons. The summed E-state index contributed by atoms with van der Waals surface area (Å²) in [5.74, 6) is -1.88. The van der Waals surface area contributed by atoms with Crippen LogP contribution in [-0.4, -0.2) is 24.8 Å². The molecule has 1 aliphatic carbocycles. The maximum atomic E-state index is 13.9. The molecule has 3 atom stereocenters. The molecule has 1 amide bonds. The number of aliphatic carboxylic acids is 1. The summed E-state index contributed by atoms with van der Waals surface area (Å²) in [6.45, 7) is 0. The summed E-state index contributed by atoms with van der Waals surface area (Å²) in [7, 11) is 1.56. The number of methoxy groups -OCH3 is 1. The van der Waals surface area contributed by atoms with E-state index in [2.05, 4.69) is 11.4 Å². The van der Waals surface area contributed by atoms with E-state index in [9.17, 15) is 19.5 Å². The molecule has 0 fully saturated rings. The van der Waals surface area contributed by atoms with Crippen molar-refractivity contribution in [2.45, 2.75) is 31.2 Å². The summed E-state index contributed by atoms with van der Waals surface area (Å²) in [4.78, 5) is 40.4. The van der Waals surface area contributed by atoms with Crippen molar-refractivity contribution in [2.24, 2.45) is 5.92 Å². The van der Waals surface area contributed by atoms with Gasteiger partial charge in [-0.2, -0.15) is 0 Å². The number of rotatable bonds is 6. The van der Waals surface area contributed by atoms with Crippen LogP contribution in [0.5, 0.6) is 5.75 Å². The van der Waals surface area contributed by atoms with Crippen LogP contribution in [0, 0.1) is 5.92 Å². The number of nitrogens with one attached hydrogen (secondary N) is 1. The van der Waals surface area contributed by atoms with Gasteiger partial charge in [-0.1, -0.05) is 60.7 Å². The molecule has 3 unspecified atom stereocenters. The Morgan fingerprint density at radius 3 is 2.46 bits per heavy atom. The lowest BCUT2D eigenvalue weighted by atomic mass is 9.76. The van der Waals surface area contributed by atoms with E-state index in [1.165, 1.54) is 0 Å². The second-order valence-corrected chi connectivity index (χ2v) is 9.29. The van der Waals surface area contributed by atoms with E-state index < -0.39 is 30.3 Å². The number of carbonyl (C=O) groups is 3. The molecule has 7 nitrogen and oxygen atoms in total. The van der Waals surface area contributed by atoms with Crippen LogP contribution in [0.4, 0.5) is 11.4 Å². The number of ketones is 1. The third kappa shape index (κ3) is 4.85. The number of benzene rings is 3. The fourth-order valence-electron chi connectivity index (χ4n) is 5.31. The maximum absolute atomic E-state index is 13.9. The van der Waals surface area contributed by atoms with Gasteiger partial charge in [-0.25, -0.2) is 0 Å². The Kier molecular flexibility index (Phi) is 6.77. The molecule has 37 heavy (non-hydrogen) atoms. The van der Waals surface area contributed by atoms with E-state index in [0.29, 0.717) is 17.1 Å². The van der Waals surface area contributed by atoms with Gasteiger partial charge in [0, 0.05) is 30.4 Å². The summed E-state index contributed by atoms with van der Waals surface area (Å²) in [6.07, 6.45) is 1.72. The molecule has 0 aromatic heterocycles. The molecule has 0 saturated carbocycles. The Morgan fingerprint density at radius 2 is 1.70 bits per heavy atom. The Hall–Kier alpha value is -4.39. The first-order valence-corrected chi connectivity index (χ1v) is 12.3. The van der Waals surface area contributed by atoms with Crippen LogP contribution >= 0.6 is 0 Å². The highest BCUT2D eigenvalue weighted by Crippen LogP contribution is 2.48. The number of hydrogen-bond donors (Lipinski definition) is 1. The van der Waals surface area contributed by atoms with E-state index >= 15 is 0 Å². The topological polar surface area (TPSA) is 98.8 Å². The normalized spacial score (nSPS) is 20.6. The molecule has 1 aliphatic heterocycles. The van der Waals surface area contributed by atoms with Crippen molar-refractivity contribution in [1.29, 1.82) is 0 Å². The Labute approximate surface area is 215 Å². The number of para-hydroxylation sites is 2. The van der Waals surface area contributed by atoms with Crippen LogP contribution in [0.25, 0.3) is 0 Å². The third-order valence-corrected chi connectivity index (χ3v) is 7.00. The summed E-state index contributed by atoms with van der Waals surface area (Å²) in [5, 5.41) is 14.7. The molecule has 0 saturated heterocycles. The summed E-state index contributed by atoms with van der Waals surface area (Å²) in [5.41, 5.74) is 3.74. The number of anilines is 2. The number of carbonyl (C=O) groups excluding carboxylic acids is 3. The number of Topliss-reactive ketones (excluding diaryl/α,β-unsaturated/α-hetero) is 1. The van der Waals surface area contributed by atoms with E-state index in [0.717, 1.165) is 16.8 Å². The molecule has 5 rings (SSSR count). The lowest BCUT2D eigenvalue weighted by molar-refractivity contribution is -0.305. The van der Waals surface area contributed by atoms with Gasteiger partial charge in [0.2, 0.25) is 5.91 Å². The number of amides is 1. The lowest BCUT2D eigenvalue weighted by Gasteiger charge is -2.38. The fraction of sp³-hybridized carbons (Fsp3) is 0.233. The number of allylic oxidation sites excluding steroid dienone is 1. The van der Waals surface area contributed by atoms with Crippen LogP contribution < -0.4 is 20.1 Å². The molecule has 1 N–H and O–H groups in total. The zero-order valence-electron chi connectivity index (χ0n) is 20.4. The number of nitrogens with zero attached hydrogens (tertiary/aromatic N) is 1. The molecular weight excluding hydrogens is 468 g/mol. The molecule has 0 bridgehead atoms. The first kappa shape index (κ1) is 24.3. The first-order chi connectivity index (χ1) is 18.0. The van der Waals surface area contributed by atoms with E-state index in [-0.39, 0.29) is 24.5 Å². The molecule has 1 heterocycles. The Balaban J connectivity index is 1.70. The van der Waals surface area contributed by atoms with Crippen molar-refractivity contribution < 1.29 is 24.2 Å². The highest BCUT2D eigenvalue weighted by molar-refractivity contribution is 6.02. The summed E-state index contributed by atoms with van der Waals surface area (Å²) < 4.78 is 5.45. The van der Waals surface area contributed by atoms with Crippen LogP contribution in [0.15, 0.2) is 90.6 Å². The molecule has 3 aromatic rings. The van der Waals surface area contributed by atoms with Gasteiger partial charge < -0.3 is 24.9 Å². The second kappa shape index (κ2) is 10.3. The quantitative estimate of drug-likeness (QED) is 0.555. The predicted molar refractivity (Wildman–Crippen MR) is 138 cm³/mol. The average molecular weight is 496 g/mol. The predicted octanol–water partition coefficient (Wildman–Crippen LogP) is 3.98. The largest absolute Gasteiger partial charge is 0.550 e. The summed E-state index contributed by atoms with van der Waals surface area (Å²) in [6, 6.07) is 23.8. The van der Waals surface area contributed by atoms with Crippen LogP contribution in [0.1, 0.15) is 42.3 Å². The van der Waals surface area contributed by atoms with Crippen molar-refractivity contribution >= 4 is 29.0 Å². The van der Waals surface area contributed by atoms with Gasteiger partial charge in [-0.15, -0.1) is 0 Å². The van der Waals surface area contributed by atoms with Gasteiger partial charge in [0.25, 0.3) is 0 Å². The average Bonchev–Trinajstić information content (AvgIpc) is 3.07. The number of carboxylic acid groups (broad SMARTS) is 1. The zero-order valence-corrected chi connectivity index (χ0v) is 20.4. The van der Waals surface area contributed by atoms with Gasteiger partial charge in [-0.05, 0) is 41.8 Å². The Morgan fingerprint density at radius 1 is 0.973 bits per heavy atom. The minimum Gasteiger partial charge on any atom is -0.550 e. The van der Waals surface area contributed by atoms with E-state index in [4.69, 9.17) is 4.74 Å². The minimum absolute atomic E-state index is 0.00261. The van der Waals surface area contributed by atoms with Crippen molar-refractivity contribution in [3.05, 3.63) is 102 Å². The molecule has 188 valence electrons. The highest BCUT2D eigenvalue weighted by atomic mass is 16.5. The molecule has 7 heteroatoms. The molecule has 0 spiro atoms. The number of ether oxygens (including phenoxy) is 1. The highest BCUT2D eigenvalue weighted by Gasteiger charge is 2.45. The molecule has 2 aliphatic rings. The number of hydrogen-bond acceptors (Lipinski definition) is 6. The number of fused-ring (bicyclic) bond motifs is 2. The first-order valence-electron chi connectivity index (χ1n) is 12.3. The van der Waals surface area contributed by atoms with Gasteiger partial charge in [0.15, 0.2) is 0 Å². The van der Waals surface area contributed by atoms with Gasteiger partial charge in [0.1, 0.15) is 11.5 Å². The van der Waals surface area contributed by atoms with Gasteiger partial charge >= 0.3 is 0 Å². The Bertz CT molecular complexity index is 1370. The zero-order chi connectivity index (χ0) is 25.9.